The number of allylic oxidation sites excluding steroid dienone is 1. The summed E-state index contributed by atoms with van der Waals surface area (Å²) in [7, 11) is 0. The number of hydrogen-bond acceptors (Lipinski definition) is 2. The van der Waals surface area contributed by atoms with Crippen LogP contribution in [0, 0.1) is 5.92 Å². The van der Waals surface area contributed by atoms with Gasteiger partial charge in [-0.25, -0.2) is 0 Å². The Balaban J connectivity index is 0.00000361. The SMILES string of the molecule is C/C=C/CCN=C(NCC)N1CCSC(C(C)C)C1.I. The predicted molar refractivity (Wildman–Crippen MR) is 103 cm³/mol. The van der Waals surface area contributed by atoms with E-state index in [1.54, 1.807) is 0 Å². The van der Waals surface area contributed by atoms with Crippen molar-refractivity contribution >= 4 is 41.7 Å². The monoisotopic (exact) mass is 411 g/mol. The number of halogens is 1. The van der Waals surface area contributed by atoms with Gasteiger partial charge in [0.05, 0.1) is 0 Å². The molecule has 0 aromatic rings. The second kappa shape index (κ2) is 11.7. The van der Waals surface area contributed by atoms with Gasteiger partial charge in [0.15, 0.2) is 5.96 Å². The van der Waals surface area contributed by atoms with Gasteiger partial charge in [-0.1, -0.05) is 26.0 Å². The van der Waals surface area contributed by atoms with Gasteiger partial charge in [-0.05, 0) is 26.2 Å². The van der Waals surface area contributed by atoms with E-state index in [1.807, 2.05) is 0 Å². The number of guanidine groups is 1. The summed E-state index contributed by atoms with van der Waals surface area (Å²) >= 11 is 2.11. The van der Waals surface area contributed by atoms with Crippen molar-refractivity contribution in [2.75, 3.05) is 31.9 Å². The highest BCUT2D eigenvalue weighted by molar-refractivity contribution is 14.0. The molecule has 1 N–H and O–H groups in total. The van der Waals surface area contributed by atoms with Gasteiger partial charge in [0, 0.05) is 37.2 Å². The molecule has 20 heavy (non-hydrogen) atoms. The third-order valence-corrected chi connectivity index (χ3v) is 4.80. The fourth-order valence-electron chi connectivity index (χ4n) is 2.11. The van der Waals surface area contributed by atoms with Gasteiger partial charge in [0.1, 0.15) is 0 Å². The fourth-order valence-corrected chi connectivity index (χ4v) is 3.41. The highest BCUT2D eigenvalue weighted by Crippen LogP contribution is 2.24. The lowest BCUT2D eigenvalue weighted by Gasteiger charge is -2.36. The molecule has 0 aromatic carbocycles. The van der Waals surface area contributed by atoms with Gasteiger partial charge in [0.25, 0.3) is 0 Å². The van der Waals surface area contributed by atoms with Crippen molar-refractivity contribution in [3.05, 3.63) is 12.2 Å². The van der Waals surface area contributed by atoms with Crippen LogP contribution in [0.15, 0.2) is 17.1 Å². The molecule has 1 saturated heterocycles. The van der Waals surface area contributed by atoms with Crippen LogP contribution in [-0.4, -0.2) is 48.0 Å². The van der Waals surface area contributed by atoms with E-state index in [1.165, 1.54) is 5.75 Å². The molecule has 5 heteroatoms. The summed E-state index contributed by atoms with van der Waals surface area (Å²) in [5.74, 6) is 3.04. The lowest BCUT2D eigenvalue weighted by molar-refractivity contribution is 0.381. The van der Waals surface area contributed by atoms with Crippen LogP contribution in [0.25, 0.3) is 0 Å². The summed E-state index contributed by atoms with van der Waals surface area (Å²) in [5, 5.41) is 4.16. The largest absolute Gasteiger partial charge is 0.357 e. The van der Waals surface area contributed by atoms with Crippen LogP contribution in [0.1, 0.15) is 34.1 Å². The molecule has 0 saturated carbocycles. The Kier molecular flexibility index (Phi) is 11.8. The summed E-state index contributed by atoms with van der Waals surface area (Å²) in [6.07, 6.45) is 5.30. The number of nitrogens with one attached hydrogen (secondary N) is 1. The summed E-state index contributed by atoms with van der Waals surface area (Å²) in [6, 6.07) is 0. The first-order valence-corrected chi connectivity index (χ1v) is 8.49. The van der Waals surface area contributed by atoms with Crippen molar-refractivity contribution in [2.24, 2.45) is 10.9 Å². The fraction of sp³-hybridized carbons (Fsp3) is 0.800. The summed E-state index contributed by atoms with van der Waals surface area (Å²) in [5.41, 5.74) is 0. The Labute approximate surface area is 146 Å². The van der Waals surface area contributed by atoms with Crippen molar-refractivity contribution in [1.29, 1.82) is 0 Å². The van der Waals surface area contributed by atoms with E-state index in [-0.39, 0.29) is 24.0 Å². The van der Waals surface area contributed by atoms with E-state index in [4.69, 9.17) is 4.99 Å². The van der Waals surface area contributed by atoms with Crippen LogP contribution in [0.2, 0.25) is 0 Å². The van der Waals surface area contributed by atoms with Crippen LogP contribution in [0.4, 0.5) is 0 Å². The lowest BCUT2D eigenvalue weighted by Crippen LogP contribution is -2.49. The molecule has 0 aromatic heterocycles. The minimum Gasteiger partial charge on any atom is -0.357 e. The molecule has 0 amide bonds. The first-order chi connectivity index (χ1) is 9.19. The maximum absolute atomic E-state index is 4.74. The van der Waals surface area contributed by atoms with E-state index < -0.39 is 0 Å². The summed E-state index contributed by atoms with van der Waals surface area (Å²) < 4.78 is 0. The van der Waals surface area contributed by atoms with Gasteiger partial charge >= 0.3 is 0 Å². The molecule has 1 aliphatic rings. The summed E-state index contributed by atoms with van der Waals surface area (Å²) in [4.78, 5) is 7.17. The molecule has 0 aliphatic carbocycles. The number of hydrogen-bond donors (Lipinski definition) is 1. The molecule has 0 radical (unpaired) electrons. The van der Waals surface area contributed by atoms with Gasteiger partial charge in [-0.3, -0.25) is 4.99 Å². The average Bonchev–Trinajstić information content (AvgIpc) is 2.42. The van der Waals surface area contributed by atoms with E-state index in [2.05, 4.69) is 61.8 Å². The molecule has 1 fully saturated rings. The zero-order valence-electron chi connectivity index (χ0n) is 13.3. The van der Waals surface area contributed by atoms with Crippen LogP contribution in [0.5, 0.6) is 0 Å². The van der Waals surface area contributed by atoms with E-state index in [0.717, 1.165) is 49.7 Å². The molecular weight excluding hydrogens is 381 g/mol. The first-order valence-electron chi connectivity index (χ1n) is 7.45. The van der Waals surface area contributed by atoms with Gasteiger partial charge in [-0.15, -0.1) is 24.0 Å². The Morgan fingerprint density at radius 3 is 2.85 bits per heavy atom. The minimum atomic E-state index is 0. The smallest absolute Gasteiger partial charge is 0.193 e. The minimum absolute atomic E-state index is 0. The molecule has 3 nitrogen and oxygen atoms in total. The number of rotatable bonds is 5. The maximum atomic E-state index is 4.74. The lowest BCUT2D eigenvalue weighted by atomic mass is 10.1. The molecule has 118 valence electrons. The Morgan fingerprint density at radius 2 is 2.25 bits per heavy atom. The molecule has 0 spiro atoms. The van der Waals surface area contributed by atoms with Crippen molar-refractivity contribution in [1.82, 2.24) is 10.2 Å². The Bertz CT molecular complexity index is 305. The van der Waals surface area contributed by atoms with Crippen LogP contribution in [-0.2, 0) is 0 Å². The highest BCUT2D eigenvalue weighted by atomic mass is 127. The van der Waals surface area contributed by atoms with Crippen molar-refractivity contribution in [3.8, 4) is 0 Å². The van der Waals surface area contributed by atoms with E-state index in [9.17, 15) is 0 Å². The molecule has 0 bridgehead atoms. The molecule has 1 atom stereocenters. The number of thioether (sulfide) groups is 1. The van der Waals surface area contributed by atoms with Crippen molar-refractivity contribution in [2.45, 2.75) is 39.4 Å². The second-order valence-electron chi connectivity index (χ2n) is 5.19. The first kappa shape index (κ1) is 20.1. The predicted octanol–water partition coefficient (Wildman–Crippen LogP) is 3.61. The Morgan fingerprint density at radius 1 is 1.50 bits per heavy atom. The van der Waals surface area contributed by atoms with Crippen molar-refractivity contribution in [3.63, 3.8) is 0 Å². The normalized spacial score (nSPS) is 20.4. The van der Waals surface area contributed by atoms with Crippen molar-refractivity contribution < 1.29 is 0 Å². The van der Waals surface area contributed by atoms with Gasteiger partial charge < -0.3 is 10.2 Å². The van der Waals surface area contributed by atoms with Crippen LogP contribution >= 0.6 is 35.7 Å². The quantitative estimate of drug-likeness (QED) is 0.246. The second-order valence-corrected chi connectivity index (χ2v) is 6.54. The standard InChI is InChI=1S/C15H29N3S.HI/c1-5-7-8-9-17-15(16-6-2)18-10-11-19-14(12-18)13(3)4;/h5,7,13-14H,6,8-12H2,1-4H3,(H,16,17);1H/b7-5+;. The zero-order chi connectivity index (χ0) is 14.1. The third-order valence-electron chi connectivity index (χ3n) is 3.26. The van der Waals surface area contributed by atoms with E-state index >= 15 is 0 Å². The molecule has 1 unspecified atom stereocenters. The van der Waals surface area contributed by atoms with Gasteiger partial charge in [-0.2, -0.15) is 11.8 Å². The molecule has 1 aliphatic heterocycles. The highest BCUT2D eigenvalue weighted by Gasteiger charge is 2.24. The van der Waals surface area contributed by atoms with Crippen LogP contribution < -0.4 is 5.32 Å². The molecule has 1 heterocycles. The average molecular weight is 411 g/mol. The van der Waals surface area contributed by atoms with Crippen LogP contribution in [0.3, 0.4) is 0 Å². The number of aliphatic imine (C=N–C) groups is 1. The maximum Gasteiger partial charge on any atom is 0.193 e. The molecule has 1 rings (SSSR count). The topological polar surface area (TPSA) is 27.6 Å². The zero-order valence-corrected chi connectivity index (χ0v) is 16.4. The van der Waals surface area contributed by atoms with E-state index in [0.29, 0.717) is 0 Å². The third kappa shape index (κ3) is 7.20. The van der Waals surface area contributed by atoms with Gasteiger partial charge in [0.2, 0.25) is 0 Å². The Hall–Kier alpha value is 0.0900. The number of nitrogens with zero attached hydrogens (tertiary/aromatic N) is 2. The molecular formula is C15H30IN3S. The summed E-state index contributed by atoms with van der Waals surface area (Å²) in [6.45, 7) is 12.9.